The fourth-order valence-corrected chi connectivity index (χ4v) is 7.14. The Hall–Kier alpha value is -4.50. The average molecular weight is 537 g/mol. The van der Waals surface area contributed by atoms with E-state index < -0.39 is 35.2 Å². The number of hydrogen-bond acceptors (Lipinski definition) is 6. The SMILES string of the molecule is COc1ccccc1N1C(=O)[C@@H]2[C@H](C)N[C@@]3(C(=O)N(CC(=O)N4CCc5ccccc54)c4ccccc43)[C@H]2C1=O. The summed E-state index contributed by atoms with van der Waals surface area (Å²) >= 11 is 0. The summed E-state index contributed by atoms with van der Waals surface area (Å²) in [6.45, 7) is 2.21. The van der Waals surface area contributed by atoms with E-state index >= 15 is 0 Å². The molecule has 4 heterocycles. The van der Waals surface area contributed by atoms with E-state index in [1.54, 1.807) is 35.2 Å². The van der Waals surface area contributed by atoms with Gasteiger partial charge in [0.15, 0.2) is 0 Å². The summed E-state index contributed by atoms with van der Waals surface area (Å²) in [6, 6.07) is 21.4. The summed E-state index contributed by atoms with van der Waals surface area (Å²) in [5.41, 5.74) is 2.03. The Balaban J connectivity index is 1.28. The third-order valence-electron chi connectivity index (χ3n) is 8.82. The topological polar surface area (TPSA) is 99.3 Å². The fourth-order valence-electron chi connectivity index (χ4n) is 7.14. The highest BCUT2D eigenvalue weighted by molar-refractivity contribution is 6.26. The van der Waals surface area contributed by atoms with Crippen LogP contribution >= 0.6 is 0 Å². The van der Waals surface area contributed by atoms with Crippen LogP contribution in [0.4, 0.5) is 17.1 Å². The maximum absolute atomic E-state index is 14.5. The summed E-state index contributed by atoms with van der Waals surface area (Å²) in [5, 5.41) is 3.37. The van der Waals surface area contributed by atoms with Gasteiger partial charge in [0.05, 0.1) is 24.6 Å². The number of carbonyl (C=O) groups is 4. The molecule has 4 aliphatic rings. The average Bonchev–Trinajstić information content (AvgIpc) is 3.67. The lowest BCUT2D eigenvalue weighted by atomic mass is 9.76. The molecule has 4 aliphatic heterocycles. The van der Waals surface area contributed by atoms with Crippen LogP contribution in [0.2, 0.25) is 0 Å². The lowest BCUT2D eigenvalue weighted by Gasteiger charge is -2.30. The number of hydrogen-bond donors (Lipinski definition) is 1. The van der Waals surface area contributed by atoms with Crippen molar-refractivity contribution in [3.8, 4) is 5.75 Å². The van der Waals surface area contributed by atoms with Crippen molar-refractivity contribution in [1.29, 1.82) is 0 Å². The predicted molar refractivity (Wildman–Crippen MR) is 148 cm³/mol. The highest BCUT2D eigenvalue weighted by Gasteiger charge is 2.71. The first-order chi connectivity index (χ1) is 19.4. The molecule has 3 aromatic carbocycles. The lowest BCUT2D eigenvalue weighted by Crippen LogP contribution is -2.56. The zero-order chi connectivity index (χ0) is 27.8. The Morgan fingerprint density at radius 1 is 0.925 bits per heavy atom. The minimum absolute atomic E-state index is 0.169. The highest BCUT2D eigenvalue weighted by atomic mass is 16.5. The molecule has 2 fully saturated rings. The van der Waals surface area contributed by atoms with Gasteiger partial charge in [-0.2, -0.15) is 0 Å². The molecule has 9 heteroatoms. The van der Waals surface area contributed by atoms with Gasteiger partial charge in [0.2, 0.25) is 17.7 Å². The zero-order valence-electron chi connectivity index (χ0n) is 22.2. The molecule has 0 saturated carbocycles. The molecule has 4 amide bonds. The van der Waals surface area contributed by atoms with Gasteiger partial charge in [-0.05, 0) is 43.2 Å². The van der Waals surface area contributed by atoms with Crippen LogP contribution in [0.3, 0.4) is 0 Å². The van der Waals surface area contributed by atoms with Crippen molar-refractivity contribution < 1.29 is 23.9 Å². The Kier molecular flexibility index (Phi) is 5.37. The molecule has 9 nitrogen and oxygen atoms in total. The number of nitrogens with one attached hydrogen (secondary N) is 1. The largest absolute Gasteiger partial charge is 0.495 e. The van der Waals surface area contributed by atoms with Crippen LogP contribution < -0.4 is 24.8 Å². The van der Waals surface area contributed by atoms with E-state index in [4.69, 9.17) is 4.74 Å². The van der Waals surface area contributed by atoms with Crippen molar-refractivity contribution in [2.45, 2.75) is 24.9 Å². The summed E-state index contributed by atoms with van der Waals surface area (Å²) < 4.78 is 5.45. The molecule has 202 valence electrons. The second-order valence-corrected chi connectivity index (χ2v) is 10.8. The quantitative estimate of drug-likeness (QED) is 0.515. The number of imide groups is 1. The highest BCUT2D eigenvalue weighted by Crippen LogP contribution is 2.55. The van der Waals surface area contributed by atoms with Crippen molar-refractivity contribution in [2.24, 2.45) is 11.8 Å². The van der Waals surface area contributed by atoms with E-state index in [1.807, 2.05) is 49.4 Å². The molecular weight excluding hydrogens is 508 g/mol. The van der Waals surface area contributed by atoms with Crippen LogP contribution in [-0.2, 0) is 31.1 Å². The Morgan fingerprint density at radius 2 is 1.60 bits per heavy atom. The van der Waals surface area contributed by atoms with Crippen molar-refractivity contribution in [1.82, 2.24) is 5.32 Å². The monoisotopic (exact) mass is 536 g/mol. The molecule has 4 atom stereocenters. The van der Waals surface area contributed by atoms with Gasteiger partial charge in [-0.1, -0.05) is 48.5 Å². The van der Waals surface area contributed by atoms with Crippen LogP contribution in [0.15, 0.2) is 72.8 Å². The Labute approximate surface area is 231 Å². The number of amides is 4. The Bertz CT molecular complexity index is 1600. The van der Waals surface area contributed by atoms with E-state index in [-0.39, 0.29) is 18.4 Å². The van der Waals surface area contributed by atoms with Gasteiger partial charge in [-0.25, -0.2) is 4.90 Å². The van der Waals surface area contributed by atoms with E-state index in [0.29, 0.717) is 29.2 Å². The number of rotatable bonds is 4. The minimum Gasteiger partial charge on any atom is -0.495 e. The summed E-state index contributed by atoms with van der Waals surface area (Å²) in [4.78, 5) is 60.4. The molecular formula is C31H28N4O5. The molecule has 0 aromatic heterocycles. The molecule has 1 N–H and O–H groups in total. The van der Waals surface area contributed by atoms with Gasteiger partial charge in [0, 0.05) is 29.5 Å². The molecule has 7 rings (SSSR count). The third-order valence-corrected chi connectivity index (χ3v) is 8.82. The van der Waals surface area contributed by atoms with Crippen molar-refractivity contribution >= 4 is 40.7 Å². The molecule has 2 saturated heterocycles. The number of nitrogens with zero attached hydrogens (tertiary/aromatic N) is 3. The third kappa shape index (κ3) is 3.12. The first-order valence-corrected chi connectivity index (χ1v) is 13.5. The van der Waals surface area contributed by atoms with Crippen LogP contribution in [0.25, 0.3) is 0 Å². The number of benzene rings is 3. The number of ether oxygens (including phenoxy) is 1. The molecule has 40 heavy (non-hydrogen) atoms. The smallest absolute Gasteiger partial charge is 0.253 e. The van der Waals surface area contributed by atoms with Gasteiger partial charge >= 0.3 is 0 Å². The number of carbonyl (C=O) groups excluding carboxylic acids is 4. The van der Waals surface area contributed by atoms with Crippen molar-refractivity contribution in [2.75, 3.05) is 34.9 Å². The predicted octanol–water partition coefficient (Wildman–Crippen LogP) is 2.62. The minimum atomic E-state index is -1.46. The van der Waals surface area contributed by atoms with E-state index in [1.165, 1.54) is 12.0 Å². The Morgan fingerprint density at radius 3 is 2.38 bits per heavy atom. The van der Waals surface area contributed by atoms with Crippen molar-refractivity contribution in [3.05, 3.63) is 83.9 Å². The van der Waals surface area contributed by atoms with E-state index in [0.717, 1.165) is 22.6 Å². The zero-order valence-corrected chi connectivity index (χ0v) is 22.2. The lowest BCUT2D eigenvalue weighted by molar-refractivity contribution is -0.132. The van der Waals surface area contributed by atoms with Gasteiger partial charge in [-0.15, -0.1) is 0 Å². The molecule has 3 aromatic rings. The van der Waals surface area contributed by atoms with Gasteiger partial charge in [0.25, 0.3) is 5.91 Å². The van der Waals surface area contributed by atoms with Crippen LogP contribution in [0, 0.1) is 11.8 Å². The standard InChI is InChI=1S/C31H28N4O5/c1-18-26-27(29(38)35(28(26)37)23-13-7-8-14-24(23)40-2)31(32-18)20-10-4-6-12-22(20)34(30(31)39)17-25(36)33-16-15-19-9-3-5-11-21(19)33/h3-14,18,26-27,32H,15-17H2,1-2H3/t18-,26+,27+,31+/m0/s1. The number of para-hydroxylation sites is 4. The second-order valence-electron chi connectivity index (χ2n) is 10.8. The van der Waals surface area contributed by atoms with Crippen LogP contribution in [0.1, 0.15) is 18.1 Å². The van der Waals surface area contributed by atoms with Gasteiger partial charge < -0.3 is 14.5 Å². The molecule has 1 spiro atoms. The molecule has 0 aliphatic carbocycles. The molecule has 0 unspecified atom stereocenters. The fraction of sp³-hybridized carbons (Fsp3) is 0.290. The van der Waals surface area contributed by atoms with E-state index in [2.05, 4.69) is 5.32 Å². The maximum atomic E-state index is 14.5. The van der Waals surface area contributed by atoms with Crippen molar-refractivity contribution in [3.63, 3.8) is 0 Å². The summed E-state index contributed by atoms with van der Waals surface area (Å²) in [7, 11) is 1.49. The molecule has 0 bridgehead atoms. The number of anilines is 3. The number of fused-ring (bicyclic) bond motifs is 5. The summed E-state index contributed by atoms with van der Waals surface area (Å²) in [5.74, 6) is -2.74. The van der Waals surface area contributed by atoms with Gasteiger partial charge in [-0.3, -0.25) is 24.5 Å². The first kappa shape index (κ1) is 24.5. The maximum Gasteiger partial charge on any atom is 0.253 e. The number of methoxy groups -OCH3 is 1. The normalized spacial score (nSPS) is 26.5. The molecule has 0 radical (unpaired) electrons. The first-order valence-electron chi connectivity index (χ1n) is 13.5. The summed E-state index contributed by atoms with van der Waals surface area (Å²) in [6.07, 6.45) is 0.759. The second kappa shape index (κ2) is 8.76. The van der Waals surface area contributed by atoms with Gasteiger partial charge in [0.1, 0.15) is 17.8 Å². The van der Waals surface area contributed by atoms with E-state index in [9.17, 15) is 19.2 Å². The van der Waals surface area contributed by atoms with Crippen LogP contribution in [0.5, 0.6) is 5.75 Å². The van der Waals surface area contributed by atoms with Crippen LogP contribution in [-0.4, -0.2) is 49.9 Å².